The normalized spacial score (nSPS) is 37.0. The van der Waals surface area contributed by atoms with E-state index < -0.39 is 0 Å². The minimum atomic E-state index is 0.554. The Morgan fingerprint density at radius 2 is 2.00 bits per heavy atom. The summed E-state index contributed by atoms with van der Waals surface area (Å²) in [5, 5.41) is 3.64. The first kappa shape index (κ1) is 12.1. The molecule has 2 heteroatoms. The summed E-state index contributed by atoms with van der Waals surface area (Å²) in [7, 11) is 0. The summed E-state index contributed by atoms with van der Waals surface area (Å²) in [4.78, 5) is 2.73. The summed E-state index contributed by atoms with van der Waals surface area (Å²) in [6, 6.07) is 2.90. The average molecular weight is 222 g/mol. The van der Waals surface area contributed by atoms with Crippen LogP contribution in [0, 0.1) is 0 Å². The van der Waals surface area contributed by atoms with Gasteiger partial charge in [-0.15, -0.1) is 6.58 Å². The van der Waals surface area contributed by atoms with Crippen molar-refractivity contribution in [3.63, 3.8) is 0 Å². The predicted octanol–water partition coefficient (Wildman–Crippen LogP) is 2.56. The van der Waals surface area contributed by atoms with Crippen LogP contribution in [-0.4, -0.2) is 35.6 Å². The number of nitrogens with one attached hydrogen (secondary N) is 1. The molecule has 0 radical (unpaired) electrons. The van der Waals surface area contributed by atoms with Gasteiger partial charge in [0.25, 0.3) is 0 Å². The minimum absolute atomic E-state index is 0.554. The number of rotatable bonds is 4. The SMILES string of the molecule is C=CC(C)N1C2CCCC1CC(NCC)C2. The van der Waals surface area contributed by atoms with Crippen LogP contribution in [0.25, 0.3) is 0 Å². The molecule has 0 saturated carbocycles. The van der Waals surface area contributed by atoms with Gasteiger partial charge < -0.3 is 5.32 Å². The molecule has 0 aliphatic carbocycles. The van der Waals surface area contributed by atoms with Crippen LogP contribution in [0.3, 0.4) is 0 Å². The lowest BCUT2D eigenvalue weighted by atomic mass is 9.80. The van der Waals surface area contributed by atoms with Crippen LogP contribution in [0.5, 0.6) is 0 Å². The van der Waals surface area contributed by atoms with Crippen molar-refractivity contribution in [3.8, 4) is 0 Å². The molecule has 2 aliphatic rings. The van der Waals surface area contributed by atoms with Crippen molar-refractivity contribution in [2.24, 2.45) is 0 Å². The van der Waals surface area contributed by atoms with E-state index in [1.54, 1.807) is 0 Å². The van der Waals surface area contributed by atoms with Gasteiger partial charge in [0, 0.05) is 24.2 Å². The van der Waals surface area contributed by atoms with Crippen LogP contribution in [0.1, 0.15) is 46.0 Å². The zero-order chi connectivity index (χ0) is 11.5. The van der Waals surface area contributed by atoms with Gasteiger partial charge in [0.05, 0.1) is 0 Å². The van der Waals surface area contributed by atoms with Gasteiger partial charge in [-0.05, 0) is 39.2 Å². The molecule has 92 valence electrons. The Labute approximate surface area is 100 Å². The van der Waals surface area contributed by atoms with Crippen LogP contribution in [-0.2, 0) is 0 Å². The first-order valence-electron chi connectivity index (χ1n) is 6.89. The molecule has 16 heavy (non-hydrogen) atoms. The third kappa shape index (κ3) is 2.33. The maximum atomic E-state index is 3.96. The van der Waals surface area contributed by atoms with Crippen LogP contribution in [0.15, 0.2) is 12.7 Å². The van der Waals surface area contributed by atoms with E-state index in [9.17, 15) is 0 Å². The predicted molar refractivity (Wildman–Crippen MR) is 69.6 cm³/mol. The van der Waals surface area contributed by atoms with Crippen molar-refractivity contribution in [1.29, 1.82) is 0 Å². The van der Waals surface area contributed by atoms with Crippen molar-refractivity contribution in [1.82, 2.24) is 10.2 Å². The molecule has 2 heterocycles. The molecule has 0 aromatic heterocycles. The van der Waals surface area contributed by atoms with Gasteiger partial charge in [-0.25, -0.2) is 0 Å². The quantitative estimate of drug-likeness (QED) is 0.735. The Morgan fingerprint density at radius 3 is 2.50 bits per heavy atom. The highest BCUT2D eigenvalue weighted by molar-refractivity contribution is 5.00. The Hall–Kier alpha value is -0.340. The molecule has 2 aliphatic heterocycles. The Kier molecular flexibility index (Phi) is 4.04. The lowest BCUT2D eigenvalue weighted by Crippen LogP contribution is -2.58. The van der Waals surface area contributed by atoms with Crippen LogP contribution < -0.4 is 5.32 Å². The van der Waals surface area contributed by atoms with E-state index in [4.69, 9.17) is 0 Å². The number of hydrogen-bond donors (Lipinski definition) is 1. The van der Waals surface area contributed by atoms with Gasteiger partial charge >= 0.3 is 0 Å². The van der Waals surface area contributed by atoms with E-state index in [1.807, 2.05) is 0 Å². The first-order chi connectivity index (χ1) is 7.76. The zero-order valence-electron chi connectivity index (χ0n) is 10.8. The summed E-state index contributed by atoms with van der Waals surface area (Å²) in [6.07, 6.45) is 8.98. The van der Waals surface area contributed by atoms with Crippen molar-refractivity contribution in [2.45, 2.75) is 70.1 Å². The third-order valence-electron chi connectivity index (χ3n) is 4.34. The average Bonchev–Trinajstić information content (AvgIpc) is 2.27. The molecule has 0 spiro atoms. The largest absolute Gasteiger partial charge is 0.314 e. The summed E-state index contributed by atoms with van der Waals surface area (Å²) in [6.45, 7) is 9.59. The van der Waals surface area contributed by atoms with Crippen molar-refractivity contribution in [2.75, 3.05) is 6.54 Å². The highest BCUT2D eigenvalue weighted by atomic mass is 15.2. The molecule has 0 aromatic rings. The second-order valence-corrected chi connectivity index (χ2v) is 5.39. The summed E-state index contributed by atoms with van der Waals surface area (Å²) in [5.41, 5.74) is 0. The number of fused-ring (bicyclic) bond motifs is 2. The van der Waals surface area contributed by atoms with Crippen LogP contribution >= 0.6 is 0 Å². The zero-order valence-corrected chi connectivity index (χ0v) is 10.8. The maximum Gasteiger partial charge on any atom is 0.0253 e. The molecule has 1 N–H and O–H groups in total. The van der Waals surface area contributed by atoms with Crippen LogP contribution in [0.4, 0.5) is 0 Å². The van der Waals surface area contributed by atoms with Crippen molar-refractivity contribution >= 4 is 0 Å². The summed E-state index contributed by atoms with van der Waals surface area (Å²) >= 11 is 0. The van der Waals surface area contributed by atoms with Gasteiger partial charge in [0.1, 0.15) is 0 Å². The molecular weight excluding hydrogens is 196 g/mol. The smallest absolute Gasteiger partial charge is 0.0253 e. The standard InChI is InChI=1S/C14H26N2/c1-4-11(3)16-13-7-6-8-14(16)10-12(9-13)15-5-2/h4,11-15H,1,5-10H2,2-3H3. The Morgan fingerprint density at radius 1 is 1.38 bits per heavy atom. The number of hydrogen-bond acceptors (Lipinski definition) is 2. The molecule has 2 nitrogen and oxygen atoms in total. The number of piperidine rings is 2. The highest BCUT2D eigenvalue weighted by Gasteiger charge is 2.39. The van der Waals surface area contributed by atoms with Gasteiger partial charge in [-0.1, -0.05) is 19.4 Å². The molecule has 2 rings (SSSR count). The molecular formula is C14H26N2. The van der Waals surface area contributed by atoms with E-state index in [1.165, 1.54) is 32.1 Å². The molecule has 0 amide bonds. The second kappa shape index (κ2) is 5.33. The van der Waals surface area contributed by atoms with Crippen molar-refractivity contribution < 1.29 is 0 Å². The molecule has 2 fully saturated rings. The number of nitrogens with zero attached hydrogens (tertiary/aromatic N) is 1. The molecule has 0 aromatic carbocycles. The Balaban J connectivity index is 2.04. The van der Waals surface area contributed by atoms with Gasteiger partial charge in [-0.3, -0.25) is 4.90 Å². The first-order valence-corrected chi connectivity index (χ1v) is 6.89. The monoisotopic (exact) mass is 222 g/mol. The van der Waals surface area contributed by atoms with E-state index >= 15 is 0 Å². The van der Waals surface area contributed by atoms with E-state index in [0.717, 1.165) is 24.7 Å². The lowest BCUT2D eigenvalue weighted by molar-refractivity contribution is 0.00872. The van der Waals surface area contributed by atoms with E-state index in [-0.39, 0.29) is 0 Å². The summed E-state index contributed by atoms with van der Waals surface area (Å²) in [5.74, 6) is 0. The lowest BCUT2D eigenvalue weighted by Gasteiger charge is -2.51. The Bertz CT molecular complexity index is 225. The van der Waals surface area contributed by atoms with Gasteiger partial charge in [-0.2, -0.15) is 0 Å². The minimum Gasteiger partial charge on any atom is -0.314 e. The second-order valence-electron chi connectivity index (χ2n) is 5.39. The molecule has 3 atom stereocenters. The van der Waals surface area contributed by atoms with Gasteiger partial charge in [0.15, 0.2) is 0 Å². The molecule has 3 unspecified atom stereocenters. The van der Waals surface area contributed by atoms with Gasteiger partial charge in [0.2, 0.25) is 0 Å². The van der Waals surface area contributed by atoms with E-state index in [0.29, 0.717) is 6.04 Å². The topological polar surface area (TPSA) is 15.3 Å². The fourth-order valence-corrected chi connectivity index (χ4v) is 3.66. The molecule has 2 saturated heterocycles. The van der Waals surface area contributed by atoms with E-state index in [2.05, 4.69) is 36.7 Å². The summed E-state index contributed by atoms with van der Waals surface area (Å²) < 4.78 is 0. The van der Waals surface area contributed by atoms with Crippen LogP contribution in [0.2, 0.25) is 0 Å². The molecule has 2 bridgehead atoms. The third-order valence-corrected chi connectivity index (χ3v) is 4.34. The maximum absolute atomic E-state index is 3.96. The van der Waals surface area contributed by atoms with Crippen molar-refractivity contribution in [3.05, 3.63) is 12.7 Å². The fourth-order valence-electron chi connectivity index (χ4n) is 3.66. The highest BCUT2D eigenvalue weighted by Crippen LogP contribution is 2.35. The fraction of sp³-hybridized carbons (Fsp3) is 0.857.